The van der Waals surface area contributed by atoms with Crippen molar-refractivity contribution in [1.29, 1.82) is 0 Å². The fourth-order valence-corrected chi connectivity index (χ4v) is 3.19. The molecule has 0 amide bonds. The van der Waals surface area contributed by atoms with Gasteiger partial charge in [-0.15, -0.1) is 0 Å². The molecule has 1 unspecified atom stereocenters. The van der Waals surface area contributed by atoms with Gasteiger partial charge in [0.15, 0.2) is 11.5 Å². The Labute approximate surface area is 126 Å². The summed E-state index contributed by atoms with van der Waals surface area (Å²) in [5.41, 5.74) is 0.689. The summed E-state index contributed by atoms with van der Waals surface area (Å²) in [5, 5.41) is 13.0. The molecule has 1 atom stereocenters. The molecule has 4 nitrogen and oxygen atoms in total. The smallest absolute Gasteiger partial charge is 0.165 e. The highest BCUT2D eigenvalue weighted by Gasteiger charge is 2.45. The van der Waals surface area contributed by atoms with E-state index >= 15 is 0 Å². The van der Waals surface area contributed by atoms with Crippen LogP contribution >= 0.6 is 0 Å². The molecule has 0 aromatic heterocycles. The SMILES string of the molecule is CNC(CO)(COc1cccc2c1OC(C)(C)C2)C1CC1. The van der Waals surface area contributed by atoms with Crippen molar-refractivity contribution in [1.82, 2.24) is 5.32 Å². The number of hydrogen-bond donors (Lipinski definition) is 2. The van der Waals surface area contributed by atoms with Crippen LogP contribution < -0.4 is 14.8 Å². The van der Waals surface area contributed by atoms with Crippen molar-refractivity contribution < 1.29 is 14.6 Å². The van der Waals surface area contributed by atoms with E-state index < -0.39 is 0 Å². The van der Waals surface area contributed by atoms with E-state index in [-0.39, 0.29) is 17.7 Å². The number of benzene rings is 1. The summed E-state index contributed by atoms with van der Waals surface area (Å²) in [5.74, 6) is 2.15. The molecule has 0 radical (unpaired) electrons. The van der Waals surface area contributed by atoms with Crippen LogP contribution in [0.3, 0.4) is 0 Å². The van der Waals surface area contributed by atoms with Gasteiger partial charge < -0.3 is 19.9 Å². The maximum atomic E-state index is 9.77. The minimum Gasteiger partial charge on any atom is -0.488 e. The van der Waals surface area contributed by atoms with Crippen LogP contribution in [-0.2, 0) is 6.42 Å². The van der Waals surface area contributed by atoms with Crippen LogP contribution in [0, 0.1) is 5.92 Å². The normalized spacial score (nSPS) is 22.3. The Morgan fingerprint density at radius 1 is 1.43 bits per heavy atom. The van der Waals surface area contributed by atoms with E-state index in [9.17, 15) is 5.11 Å². The largest absolute Gasteiger partial charge is 0.488 e. The van der Waals surface area contributed by atoms with Gasteiger partial charge in [-0.1, -0.05) is 12.1 Å². The maximum Gasteiger partial charge on any atom is 0.165 e. The average molecular weight is 291 g/mol. The molecule has 1 aliphatic heterocycles. The van der Waals surface area contributed by atoms with Crippen LogP contribution in [0.25, 0.3) is 0 Å². The van der Waals surface area contributed by atoms with E-state index in [4.69, 9.17) is 9.47 Å². The first-order valence-electron chi connectivity index (χ1n) is 7.73. The maximum absolute atomic E-state index is 9.77. The highest BCUT2D eigenvalue weighted by atomic mass is 16.5. The highest BCUT2D eigenvalue weighted by molar-refractivity contribution is 5.50. The first-order chi connectivity index (χ1) is 10.00. The number of hydrogen-bond acceptors (Lipinski definition) is 4. The van der Waals surface area contributed by atoms with Crippen LogP contribution in [0.15, 0.2) is 18.2 Å². The molecule has 2 aliphatic rings. The van der Waals surface area contributed by atoms with Gasteiger partial charge in [-0.2, -0.15) is 0 Å². The lowest BCUT2D eigenvalue weighted by molar-refractivity contribution is 0.0852. The molecule has 21 heavy (non-hydrogen) atoms. The molecular formula is C17H25NO3. The summed E-state index contributed by atoms with van der Waals surface area (Å²) in [7, 11) is 1.90. The van der Waals surface area contributed by atoms with Gasteiger partial charge in [0.2, 0.25) is 0 Å². The molecule has 1 saturated carbocycles. The molecule has 1 aromatic rings. The van der Waals surface area contributed by atoms with Crippen molar-refractivity contribution in [2.24, 2.45) is 5.92 Å². The summed E-state index contributed by atoms with van der Waals surface area (Å²) in [6, 6.07) is 6.05. The number of rotatable bonds is 6. The zero-order chi connectivity index (χ0) is 15.1. The average Bonchev–Trinajstić information content (AvgIpc) is 3.23. The third kappa shape index (κ3) is 2.74. The van der Waals surface area contributed by atoms with Gasteiger partial charge >= 0.3 is 0 Å². The Morgan fingerprint density at radius 3 is 2.81 bits per heavy atom. The Balaban J connectivity index is 1.76. The summed E-state index contributed by atoms with van der Waals surface area (Å²) in [6.45, 7) is 4.74. The number of ether oxygens (including phenoxy) is 2. The standard InChI is InChI=1S/C17H25NO3/c1-16(2)9-12-5-4-6-14(15(12)21-16)20-11-17(10-19,18-3)13-7-8-13/h4-6,13,18-19H,7-11H2,1-3H3. The third-order valence-electron chi connectivity index (χ3n) is 4.68. The lowest BCUT2D eigenvalue weighted by Crippen LogP contribution is -2.53. The second kappa shape index (κ2) is 5.18. The van der Waals surface area contributed by atoms with E-state index in [1.54, 1.807) is 0 Å². The van der Waals surface area contributed by atoms with Crippen LogP contribution in [-0.4, -0.2) is 36.5 Å². The number of nitrogens with one attached hydrogen (secondary N) is 1. The first-order valence-corrected chi connectivity index (χ1v) is 7.73. The molecule has 1 aliphatic carbocycles. The van der Waals surface area contributed by atoms with Crippen LogP contribution in [0.1, 0.15) is 32.3 Å². The monoisotopic (exact) mass is 291 g/mol. The van der Waals surface area contributed by atoms with Gasteiger partial charge in [0, 0.05) is 12.0 Å². The lowest BCUT2D eigenvalue weighted by atomic mass is 9.95. The minimum atomic E-state index is -0.336. The topological polar surface area (TPSA) is 50.7 Å². The molecule has 4 heteroatoms. The molecule has 1 heterocycles. The highest BCUT2D eigenvalue weighted by Crippen LogP contribution is 2.43. The van der Waals surface area contributed by atoms with Crippen LogP contribution in [0.4, 0.5) is 0 Å². The Kier molecular flexibility index (Phi) is 3.62. The molecule has 0 spiro atoms. The fourth-order valence-electron chi connectivity index (χ4n) is 3.19. The third-order valence-corrected chi connectivity index (χ3v) is 4.68. The molecule has 1 fully saturated rings. The summed E-state index contributed by atoms with van der Waals surface area (Å²) in [6.07, 6.45) is 3.21. The number of fused-ring (bicyclic) bond motifs is 1. The lowest BCUT2D eigenvalue weighted by Gasteiger charge is -2.31. The fraction of sp³-hybridized carbons (Fsp3) is 0.647. The number of likely N-dealkylation sites (N-methyl/N-ethyl adjacent to an activating group) is 1. The molecule has 116 valence electrons. The second-order valence-electron chi connectivity index (χ2n) is 6.91. The minimum absolute atomic E-state index is 0.0928. The zero-order valence-electron chi connectivity index (χ0n) is 13.1. The Morgan fingerprint density at radius 2 is 2.19 bits per heavy atom. The predicted molar refractivity (Wildman–Crippen MR) is 81.9 cm³/mol. The zero-order valence-corrected chi connectivity index (χ0v) is 13.1. The van der Waals surface area contributed by atoms with Crippen molar-refractivity contribution in [3.63, 3.8) is 0 Å². The number of para-hydroxylation sites is 1. The Hall–Kier alpha value is -1.26. The predicted octanol–water partition coefficient (Wildman–Crippen LogP) is 2.14. The summed E-state index contributed by atoms with van der Waals surface area (Å²) >= 11 is 0. The number of aliphatic hydroxyl groups excluding tert-OH is 1. The van der Waals surface area contributed by atoms with Crippen molar-refractivity contribution >= 4 is 0 Å². The summed E-state index contributed by atoms with van der Waals surface area (Å²) < 4.78 is 12.1. The van der Waals surface area contributed by atoms with Crippen molar-refractivity contribution in [2.45, 2.75) is 44.2 Å². The quantitative estimate of drug-likeness (QED) is 0.843. The van der Waals surface area contributed by atoms with E-state index in [1.165, 1.54) is 5.56 Å². The van der Waals surface area contributed by atoms with Crippen LogP contribution in [0.5, 0.6) is 11.5 Å². The van der Waals surface area contributed by atoms with Gasteiger partial charge in [0.25, 0.3) is 0 Å². The van der Waals surface area contributed by atoms with Gasteiger partial charge in [-0.3, -0.25) is 0 Å². The molecule has 2 N–H and O–H groups in total. The van der Waals surface area contributed by atoms with E-state index in [2.05, 4.69) is 25.2 Å². The first kappa shape index (κ1) is 14.7. The number of aliphatic hydroxyl groups is 1. The van der Waals surface area contributed by atoms with Gasteiger partial charge in [-0.25, -0.2) is 0 Å². The molecule has 0 saturated heterocycles. The molecular weight excluding hydrogens is 266 g/mol. The van der Waals surface area contributed by atoms with Crippen molar-refractivity contribution in [3.8, 4) is 11.5 Å². The van der Waals surface area contributed by atoms with Crippen molar-refractivity contribution in [3.05, 3.63) is 23.8 Å². The van der Waals surface area contributed by atoms with E-state index in [0.29, 0.717) is 12.5 Å². The molecule has 0 bridgehead atoms. The van der Waals surface area contributed by atoms with Gasteiger partial charge in [0.1, 0.15) is 12.2 Å². The van der Waals surface area contributed by atoms with Gasteiger partial charge in [-0.05, 0) is 45.7 Å². The van der Waals surface area contributed by atoms with Gasteiger partial charge in [0.05, 0.1) is 12.1 Å². The molecule has 3 rings (SSSR count). The van der Waals surface area contributed by atoms with Crippen LogP contribution in [0.2, 0.25) is 0 Å². The Bertz CT molecular complexity index is 519. The summed E-state index contributed by atoms with van der Waals surface area (Å²) in [4.78, 5) is 0. The molecule has 1 aromatic carbocycles. The van der Waals surface area contributed by atoms with E-state index in [1.807, 2.05) is 19.2 Å². The second-order valence-corrected chi connectivity index (χ2v) is 6.91. The van der Waals surface area contributed by atoms with E-state index in [0.717, 1.165) is 30.8 Å². The van der Waals surface area contributed by atoms with Crippen molar-refractivity contribution in [2.75, 3.05) is 20.3 Å².